The number of esters is 1. The average molecular weight is 413 g/mol. The third-order valence-electron chi connectivity index (χ3n) is 5.91. The van der Waals surface area contributed by atoms with Crippen molar-refractivity contribution >= 4 is 21.9 Å². The quantitative estimate of drug-likeness (QED) is 0.714. The summed E-state index contributed by atoms with van der Waals surface area (Å²) in [6.45, 7) is 2.25. The van der Waals surface area contributed by atoms with Gasteiger partial charge < -0.3 is 14.6 Å². The highest BCUT2D eigenvalue weighted by Crippen LogP contribution is 2.32. The lowest BCUT2D eigenvalue weighted by atomic mass is 9.92. The minimum Gasteiger partial charge on any atom is -0.467 e. The summed E-state index contributed by atoms with van der Waals surface area (Å²) in [7, 11) is -0.590. The zero-order valence-corrected chi connectivity index (χ0v) is 17.4. The molecule has 156 valence electrons. The lowest BCUT2D eigenvalue weighted by Gasteiger charge is -2.33. The lowest BCUT2D eigenvalue weighted by molar-refractivity contribution is -0.151. The van der Waals surface area contributed by atoms with Gasteiger partial charge in [-0.2, -0.15) is 4.31 Å². The van der Waals surface area contributed by atoms with Crippen molar-refractivity contribution in [1.29, 1.82) is 0 Å². The summed E-state index contributed by atoms with van der Waals surface area (Å²) in [5.41, 5.74) is -0.930. The normalized spacial score (nSPS) is 20.8. The standard InChI is InChI=1S/C18H28N4O5S/c1-13-19-15(12-21(13)2)28(25,26)22-10-6-14(7-11-22)16(23)20-18(17(24)27-3)8-4-5-9-18/h12,14H,4-11H2,1-3H3,(H,20,23). The van der Waals surface area contributed by atoms with Crippen LogP contribution < -0.4 is 5.32 Å². The predicted octanol–water partition coefficient (Wildman–Crippen LogP) is 0.731. The van der Waals surface area contributed by atoms with E-state index in [4.69, 9.17) is 4.74 Å². The van der Waals surface area contributed by atoms with Crippen LogP contribution in [0.5, 0.6) is 0 Å². The van der Waals surface area contributed by atoms with Crippen molar-refractivity contribution < 1.29 is 22.7 Å². The number of ether oxygens (including phenoxy) is 1. The fraction of sp³-hybridized carbons (Fsp3) is 0.722. The highest BCUT2D eigenvalue weighted by molar-refractivity contribution is 7.89. The minimum atomic E-state index is -3.67. The van der Waals surface area contributed by atoms with Gasteiger partial charge in [-0.25, -0.2) is 18.2 Å². The molecule has 1 amide bonds. The largest absolute Gasteiger partial charge is 0.467 e. The molecule has 1 saturated carbocycles. The number of nitrogens with one attached hydrogen (secondary N) is 1. The molecular weight excluding hydrogens is 384 g/mol. The van der Waals surface area contributed by atoms with E-state index >= 15 is 0 Å². The molecule has 10 heteroatoms. The zero-order chi connectivity index (χ0) is 20.5. The maximum atomic E-state index is 12.8. The van der Waals surface area contributed by atoms with Crippen LogP contribution in [0.2, 0.25) is 0 Å². The number of aromatic nitrogens is 2. The molecule has 0 radical (unpaired) electrons. The Morgan fingerprint density at radius 2 is 1.86 bits per heavy atom. The third-order valence-corrected chi connectivity index (χ3v) is 7.68. The topological polar surface area (TPSA) is 111 Å². The first-order valence-corrected chi connectivity index (χ1v) is 11.0. The fourth-order valence-corrected chi connectivity index (χ4v) is 5.53. The molecule has 0 bridgehead atoms. The van der Waals surface area contributed by atoms with Crippen LogP contribution in [-0.2, 0) is 31.4 Å². The smallest absolute Gasteiger partial charge is 0.331 e. The number of amides is 1. The first-order chi connectivity index (χ1) is 13.2. The molecule has 0 unspecified atom stereocenters. The molecule has 1 saturated heterocycles. The Morgan fingerprint density at radius 3 is 2.36 bits per heavy atom. The van der Waals surface area contributed by atoms with Gasteiger partial charge >= 0.3 is 5.97 Å². The zero-order valence-electron chi connectivity index (χ0n) is 16.6. The number of carbonyl (C=O) groups is 2. The van der Waals surface area contributed by atoms with Gasteiger partial charge in [-0.3, -0.25) is 4.79 Å². The van der Waals surface area contributed by atoms with Crippen molar-refractivity contribution in [3.63, 3.8) is 0 Å². The van der Waals surface area contributed by atoms with Crippen molar-refractivity contribution in [2.75, 3.05) is 20.2 Å². The molecule has 9 nitrogen and oxygen atoms in total. The molecule has 1 aromatic heterocycles. The number of hydrogen-bond donors (Lipinski definition) is 1. The summed E-state index contributed by atoms with van der Waals surface area (Å²) in [4.78, 5) is 29.1. The van der Waals surface area contributed by atoms with Crippen LogP contribution in [0.3, 0.4) is 0 Å². The van der Waals surface area contributed by atoms with Crippen LogP contribution >= 0.6 is 0 Å². The van der Waals surface area contributed by atoms with Crippen LogP contribution in [-0.4, -0.2) is 59.9 Å². The molecule has 2 aliphatic rings. The Morgan fingerprint density at radius 1 is 1.25 bits per heavy atom. The summed E-state index contributed by atoms with van der Waals surface area (Å²) in [6, 6.07) is 0. The van der Waals surface area contributed by atoms with E-state index in [1.807, 2.05) is 0 Å². The molecular formula is C18H28N4O5S. The second-order valence-corrected chi connectivity index (χ2v) is 9.57. The summed E-state index contributed by atoms with van der Waals surface area (Å²) in [5, 5.41) is 2.95. The number of carbonyl (C=O) groups excluding carboxylic acids is 2. The monoisotopic (exact) mass is 412 g/mol. The van der Waals surface area contributed by atoms with Gasteiger partial charge in [-0.1, -0.05) is 12.8 Å². The molecule has 1 aliphatic carbocycles. The molecule has 0 atom stereocenters. The second kappa shape index (κ2) is 7.82. The van der Waals surface area contributed by atoms with E-state index in [1.54, 1.807) is 18.5 Å². The first kappa shape index (κ1) is 20.8. The molecule has 1 aromatic rings. The maximum absolute atomic E-state index is 12.8. The minimum absolute atomic E-state index is 0.0333. The Balaban J connectivity index is 1.63. The van der Waals surface area contributed by atoms with Crippen molar-refractivity contribution in [2.45, 2.75) is 56.0 Å². The predicted molar refractivity (Wildman–Crippen MR) is 101 cm³/mol. The number of nitrogens with zero attached hydrogens (tertiary/aromatic N) is 3. The Bertz CT molecular complexity index is 830. The number of methoxy groups -OCH3 is 1. The van der Waals surface area contributed by atoms with Gasteiger partial charge in [-0.05, 0) is 32.6 Å². The van der Waals surface area contributed by atoms with Crippen molar-refractivity contribution in [3.05, 3.63) is 12.0 Å². The Labute approximate surface area is 165 Å². The summed E-state index contributed by atoms with van der Waals surface area (Å²) in [5.74, 6) is -0.293. The van der Waals surface area contributed by atoms with Crippen molar-refractivity contribution in [1.82, 2.24) is 19.2 Å². The Hall–Kier alpha value is -1.94. The van der Waals surface area contributed by atoms with Gasteiger partial charge in [0.05, 0.1) is 7.11 Å². The van der Waals surface area contributed by atoms with Crippen LogP contribution in [0.15, 0.2) is 11.2 Å². The van der Waals surface area contributed by atoms with Crippen LogP contribution in [0.25, 0.3) is 0 Å². The highest BCUT2D eigenvalue weighted by atomic mass is 32.2. The number of piperidine rings is 1. The molecule has 3 rings (SSSR count). The van der Waals surface area contributed by atoms with Gasteiger partial charge in [0.15, 0.2) is 5.03 Å². The van der Waals surface area contributed by atoms with Crippen molar-refractivity contribution in [3.8, 4) is 0 Å². The maximum Gasteiger partial charge on any atom is 0.331 e. The van der Waals surface area contributed by atoms with E-state index in [-0.39, 0.29) is 29.9 Å². The van der Waals surface area contributed by atoms with E-state index in [9.17, 15) is 18.0 Å². The van der Waals surface area contributed by atoms with E-state index in [2.05, 4.69) is 10.3 Å². The average Bonchev–Trinajstić information content (AvgIpc) is 3.29. The summed E-state index contributed by atoms with van der Waals surface area (Å²) in [6.07, 6.45) is 5.23. The summed E-state index contributed by atoms with van der Waals surface area (Å²) < 4.78 is 33.5. The molecule has 1 aliphatic heterocycles. The van der Waals surface area contributed by atoms with Gasteiger partial charge in [-0.15, -0.1) is 0 Å². The SMILES string of the molecule is COC(=O)C1(NC(=O)C2CCN(S(=O)(=O)c3cn(C)c(C)n3)CC2)CCCC1. The fourth-order valence-electron chi connectivity index (χ4n) is 4.03. The number of sulfonamides is 1. The van der Waals surface area contributed by atoms with Gasteiger partial charge in [0, 0.05) is 32.3 Å². The van der Waals surface area contributed by atoms with Gasteiger partial charge in [0.2, 0.25) is 5.91 Å². The Kier molecular flexibility index (Phi) is 5.81. The van der Waals surface area contributed by atoms with E-state index < -0.39 is 21.5 Å². The van der Waals surface area contributed by atoms with E-state index in [0.717, 1.165) is 12.8 Å². The second-order valence-electron chi connectivity index (χ2n) is 7.69. The van der Waals surface area contributed by atoms with Crippen molar-refractivity contribution in [2.24, 2.45) is 13.0 Å². The molecule has 2 fully saturated rings. The number of rotatable bonds is 5. The van der Waals surface area contributed by atoms with Gasteiger partial charge in [0.25, 0.3) is 10.0 Å². The lowest BCUT2D eigenvalue weighted by Crippen LogP contribution is -2.55. The third kappa shape index (κ3) is 3.80. The van der Waals surface area contributed by atoms with Gasteiger partial charge in [0.1, 0.15) is 11.4 Å². The molecule has 2 heterocycles. The molecule has 1 N–H and O–H groups in total. The van der Waals surface area contributed by atoms with Crippen LogP contribution in [0, 0.1) is 12.8 Å². The molecule has 0 aromatic carbocycles. The van der Waals surface area contributed by atoms with E-state index in [1.165, 1.54) is 17.6 Å². The summed E-state index contributed by atoms with van der Waals surface area (Å²) >= 11 is 0. The van der Waals surface area contributed by atoms with Crippen LogP contribution in [0.4, 0.5) is 0 Å². The van der Waals surface area contributed by atoms with E-state index in [0.29, 0.717) is 31.5 Å². The first-order valence-electron chi connectivity index (χ1n) is 9.60. The molecule has 28 heavy (non-hydrogen) atoms. The highest BCUT2D eigenvalue weighted by Gasteiger charge is 2.45. The number of hydrogen-bond acceptors (Lipinski definition) is 6. The number of imidazole rings is 1. The van der Waals surface area contributed by atoms with Crippen LogP contribution in [0.1, 0.15) is 44.3 Å². The molecule has 0 spiro atoms. The number of aryl methyl sites for hydroxylation is 2.